The Bertz CT molecular complexity index is 833. The summed E-state index contributed by atoms with van der Waals surface area (Å²) in [5.41, 5.74) is 3.12. The summed E-state index contributed by atoms with van der Waals surface area (Å²) in [6, 6.07) is 12.4. The van der Waals surface area contributed by atoms with E-state index in [1.807, 2.05) is 25.1 Å². The monoisotopic (exact) mass is 281 g/mol. The fraction of sp³-hybridized carbons (Fsp3) is 0.118. The molecule has 0 radical (unpaired) electrons. The number of carbonyl (C=O) groups is 1. The Hall–Kier alpha value is -2.75. The molecule has 21 heavy (non-hydrogen) atoms. The molecule has 0 fully saturated rings. The molecule has 0 bridgehead atoms. The van der Waals surface area contributed by atoms with Gasteiger partial charge in [-0.05, 0) is 55.8 Å². The van der Waals surface area contributed by atoms with Crippen molar-refractivity contribution >= 4 is 22.6 Å². The van der Waals surface area contributed by atoms with E-state index < -0.39 is 0 Å². The van der Waals surface area contributed by atoms with Gasteiger partial charge < -0.3 is 14.8 Å². The van der Waals surface area contributed by atoms with Gasteiger partial charge in [0.05, 0.1) is 0 Å². The third-order valence-electron chi connectivity index (χ3n) is 3.35. The second-order valence-corrected chi connectivity index (χ2v) is 5.11. The van der Waals surface area contributed by atoms with Gasteiger partial charge in [-0.15, -0.1) is 0 Å². The van der Waals surface area contributed by atoms with Crippen LogP contribution in [0.2, 0.25) is 0 Å². The molecule has 106 valence electrons. The average Bonchev–Trinajstić information content (AvgIpc) is 2.86. The maximum Gasteiger partial charge on any atom is 0.291 e. The molecule has 3 aromatic rings. The van der Waals surface area contributed by atoms with Crippen molar-refractivity contribution in [1.82, 2.24) is 0 Å². The predicted octanol–water partition coefficient (Wildman–Crippen LogP) is 4.01. The van der Waals surface area contributed by atoms with Crippen LogP contribution in [0.5, 0.6) is 5.75 Å². The number of nitrogens with one attached hydrogen (secondary N) is 1. The molecule has 0 unspecified atom stereocenters. The second kappa shape index (κ2) is 4.98. The Morgan fingerprint density at radius 1 is 1.10 bits per heavy atom. The zero-order valence-corrected chi connectivity index (χ0v) is 11.8. The Morgan fingerprint density at radius 2 is 1.90 bits per heavy atom. The van der Waals surface area contributed by atoms with Gasteiger partial charge in [-0.2, -0.15) is 0 Å². The Labute approximate surface area is 122 Å². The molecule has 0 saturated heterocycles. The summed E-state index contributed by atoms with van der Waals surface area (Å²) in [7, 11) is 0. The molecule has 0 aliphatic carbocycles. The Morgan fingerprint density at radius 3 is 2.67 bits per heavy atom. The van der Waals surface area contributed by atoms with Crippen LogP contribution in [0.15, 0.2) is 46.9 Å². The fourth-order valence-corrected chi connectivity index (χ4v) is 2.20. The molecular weight excluding hydrogens is 266 g/mol. The highest BCUT2D eigenvalue weighted by atomic mass is 16.3. The number of phenolic OH excluding ortho intramolecular Hbond substituents is 1. The van der Waals surface area contributed by atoms with Crippen LogP contribution in [0.25, 0.3) is 11.0 Å². The van der Waals surface area contributed by atoms with Crippen molar-refractivity contribution in [2.24, 2.45) is 0 Å². The van der Waals surface area contributed by atoms with Crippen LogP contribution >= 0.6 is 0 Å². The molecule has 4 nitrogen and oxygen atoms in total. The normalized spacial score (nSPS) is 10.8. The lowest BCUT2D eigenvalue weighted by atomic mass is 10.2. The molecule has 2 N–H and O–H groups in total. The number of amides is 1. The van der Waals surface area contributed by atoms with Crippen LogP contribution in [0.1, 0.15) is 21.7 Å². The van der Waals surface area contributed by atoms with Gasteiger partial charge in [0.25, 0.3) is 5.91 Å². The van der Waals surface area contributed by atoms with Gasteiger partial charge in [-0.25, -0.2) is 0 Å². The highest BCUT2D eigenvalue weighted by Crippen LogP contribution is 2.23. The van der Waals surface area contributed by atoms with Crippen LogP contribution < -0.4 is 5.32 Å². The first kappa shape index (κ1) is 13.2. The molecule has 0 spiro atoms. The second-order valence-electron chi connectivity index (χ2n) is 5.11. The smallest absolute Gasteiger partial charge is 0.291 e. The number of rotatable bonds is 2. The summed E-state index contributed by atoms with van der Waals surface area (Å²) in [5, 5.41) is 13.1. The summed E-state index contributed by atoms with van der Waals surface area (Å²) in [6.45, 7) is 3.76. The SMILES string of the molecule is Cc1ccc2oc(C(=O)Nc3ccc(O)c(C)c3)cc2c1. The Kier molecular flexibility index (Phi) is 3.14. The number of benzene rings is 2. The molecule has 0 saturated carbocycles. The van der Waals surface area contributed by atoms with Crippen LogP contribution in [-0.4, -0.2) is 11.0 Å². The zero-order valence-electron chi connectivity index (χ0n) is 11.8. The van der Waals surface area contributed by atoms with E-state index in [1.165, 1.54) is 0 Å². The summed E-state index contributed by atoms with van der Waals surface area (Å²) in [4.78, 5) is 12.2. The fourth-order valence-electron chi connectivity index (χ4n) is 2.20. The minimum absolute atomic E-state index is 0.201. The topological polar surface area (TPSA) is 62.5 Å². The van der Waals surface area contributed by atoms with Gasteiger partial charge in [0.1, 0.15) is 11.3 Å². The van der Waals surface area contributed by atoms with E-state index >= 15 is 0 Å². The number of anilines is 1. The molecule has 0 aliphatic rings. The lowest BCUT2D eigenvalue weighted by molar-refractivity contribution is 0.0998. The molecule has 2 aromatic carbocycles. The first-order chi connectivity index (χ1) is 10.0. The number of furan rings is 1. The molecule has 0 aliphatic heterocycles. The van der Waals surface area contributed by atoms with E-state index in [0.29, 0.717) is 16.8 Å². The number of hydrogen-bond donors (Lipinski definition) is 2. The number of fused-ring (bicyclic) bond motifs is 1. The van der Waals surface area contributed by atoms with E-state index in [2.05, 4.69) is 5.32 Å². The molecular formula is C17H15NO3. The molecule has 1 heterocycles. The molecule has 1 aromatic heterocycles. The number of hydrogen-bond acceptors (Lipinski definition) is 3. The van der Waals surface area contributed by atoms with Crippen molar-refractivity contribution in [2.75, 3.05) is 5.32 Å². The van der Waals surface area contributed by atoms with Crippen LogP contribution in [0, 0.1) is 13.8 Å². The first-order valence-corrected chi connectivity index (χ1v) is 6.64. The molecule has 4 heteroatoms. The lowest BCUT2D eigenvalue weighted by Crippen LogP contribution is -2.10. The number of aromatic hydroxyl groups is 1. The van der Waals surface area contributed by atoms with Crippen molar-refractivity contribution in [3.05, 3.63) is 59.4 Å². The van der Waals surface area contributed by atoms with Gasteiger partial charge in [0.15, 0.2) is 5.76 Å². The minimum Gasteiger partial charge on any atom is -0.508 e. The summed E-state index contributed by atoms with van der Waals surface area (Å²) < 4.78 is 5.55. The van der Waals surface area contributed by atoms with Gasteiger partial charge in [-0.3, -0.25) is 4.79 Å². The molecule has 0 atom stereocenters. The zero-order chi connectivity index (χ0) is 15.0. The van der Waals surface area contributed by atoms with E-state index in [4.69, 9.17) is 4.42 Å². The van der Waals surface area contributed by atoms with Gasteiger partial charge in [0.2, 0.25) is 0 Å². The third kappa shape index (κ3) is 2.60. The summed E-state index contributed by atoms with van der Waals surface area (Å²) in [6.07, 6.45) is 0. The van der Waals surface area contributed by atoms with E-state index in [1.54, 1.807) is 31.2 Å². The van der Waals surface area contributed by atoms with E-state index in [0.717, 1.165) is 10.9 Å². The summed E-state index contributed by atoms with van der Waals surface area (Å²) >= 11 is 0. The first-order valence-electron chi connectivity index (χ1n) is 6.64. The number of phenols is 1. The van der Waals surface area contributed by atoms with Gasteiger partial charge in [-0.1, -0.05) is 11.6 Å². The lowest BCUT2D eigenvalue weighted by Gasteiger charge is -2.05. The van der Waals surface area contributed by atoms with Crippen LogP contribution in [0.4, 0.5) is 5.69 Å². The van der Waals surface area contributed by atoms with Crippen molar-refractivity contribution in [3.8, 4) is 5.75 Å². The highest BCUT2D eigenvalue weighted by Gasteiger charge is 2.13. The largest absolute Gasteiger partial charge is 0.508 e. The minimum atomic E-state index is -0.311. The van der Waals surface area contributed by atoms with Crippen LogP contribution in [0.3, 0.4) is 0 Å². The average molecular weight is 281 g/mol. The van der Waals surface area contributed by atoms with E-state index in [9.17, 15) is 9.90 Å². The highest BCUT2D eigenvalue weighted by molar-refractivity contribution is 6.04. The van der Waals surface area contributed by atoms with Crippen molar-refractivity contribution in [3.63, 3.8) is 0 Å². The van der Waals surface area contributed by atoms with Crippen molar-refractivity contribution in [1.29, 1.82) is 0 Å². The maximum absolute atomic E-state index is 12.2. The maximum atomic E-state index is 12.2. The van der Waals surface area contributed by atoms with Crippen molar-refractivity contribution in [2.45, 2.75) is 13.8 Å². The van der Waals surface area contributed by atoms with E-state index in [-0.39, 0.29) is 17.4 Å². The number of carbonyl (C=O) groups excluding carboxylic acids is 1. The van der Waals surface area contributed by atoms with Crippen molar-refractivity contribution < 1.29 is 14.3 Å². The number of aryl methyl sites for hydroxylation is 2. The van der Waals surface area contributed by atoms with Gasteiger partial charge in [0, 0.05) is 11.1 Å². The Balaban J connectivity index is 1.87. The molecule has 1 amide bonds. The molecule has 3 rings (SSSR count). The van der Waals surface area contributed by atoms with Crippen LogP contribution in [-0.2, 0) is 0 Å². The summed E-state index contributed by atoms with van der Waals surface area (Å²) in [5.74, 6) is 0.155. The predicted molar refractivity (Wildman–Crippen MR) is 81.7 cm³/mol. The third-order valence-corrected chi connectivity index (χ3v) is 3.35. The standard InChI is InChI=1S/C17H15NO3/c1-10-3-6-15-12(7-10)9-16(21-15)17(20)18-13-4-5-14(19)11(2)8-13/h3-9,19H,1-2H3,(H,18,20). The quantitative estimate of drug-likeness (QED) is 0.698. The van der Waals surface area contributed by atoms with Gasteiger partial charge >= 0.3 is 0 Å².